The van der Waals surface area contributed by atoms with Crippen LogP contribution in [0.1, 0.15) is 48.0 Å². The number of fused-ring (bicyclic) bond motifs is 11. The number of nitrogens with zero attached hydrogens (tertiary/aromatic N) is 3. The summed E-state index contributed by atoms with van der Waals surface area (Å²) in [7, 11) is 0. The monoisotopic (exact) mass is 735 g/mol. The molecule has 6 aromatic carbocycles. The molecule has 0 amide bonds. The van der Waals surface area contributed by atoms with E-state index in [1.54, 1.807) is 0 Å². The predicted molar refractivity (Wildman–Crippen MR) is 234 cm³/mol. The molecule has 0 N–H and O–H groups in total. The topological polar surface area (TPSA) is 51.8 Å². The fourth-order valence-corrected chi connectivity index (χ4v) is 10.4. The van der Waals surface area contributed by atoms with Crippen molar-refractivity contribution in [2.24, 2.45) is 0 Å². The highest BCUT2D eigenvalue weighted by Gasteiger charge is 2.27. The normalized spacial score (nSPS) is 16.4. The first-order valence-corrected chi connectivity index (χ1v) is 20.2. The van der Waals surface area contributed by atoms with Crippen LogP contribution in [0.25, 0.3) is 92.6 Å². The number of hydrogen-bond donors (Lipinski definition) is 0. The molecule has 1 atom stereocenters. The molecule has 3 aliphatic carbocycles. The molecule has 3 aromatic heterocycles. The van der Waals surface area contributed by atoms with Crippen molar-refractivity contribution in [3.05, 3.63) is 180 Å². The van der Waals surface area contributed by atoms with Crippen molar-refractivity contribution < 1.29 is 4.42 Å². The van der Waals surface area contributed by atoms with E-state index in [2.05, 4.69) is 158 Å². The number of para-hydroxylation sites is 1. The standard InChI is InChI=1S/C51H33N3OS/c1-2-13-33(14-3-1)49-52-50(34-26-25-32-24-23-30-11-4-6-15-35(30)43(32)29-34)54-51(53-49)42-21-10-22-44-45(42)41-20-8-17-37(46(41)55-44)38-18-9-19-39-40-28-27-31-12-5-7-16-36(31)47(40)56-48(38)39/h2,4-28,43H,1,3,29H2. The summed E-state index contributed by atoms with van der Waals surface area (Å²) in [6.45, 7) is 0. The minimum atomic E-state index is 0.262. The van der Waals surface area contributed by atoms with E-state index >= 15 is 0 Å². The van der Waals surface area contributed by atoms with Gasteiger partial charge in [-0.3, -0.25) is 0 Å². The van der Waals surface area contributed by atoms with E-state index in [1.807, 2.05) is 11.3 Å². The predicted octanol–water partition coefficient (Wildman–Crippen LogP) is 13.9. The van der Waals surface area contributed by atoms with Crippen molar-refractivity contribution in [2.75, 3.05) is 0 Å². The Morgan fingerprint density at radius 3 is 2.30 bits per heavy atom. The lowest BCUT2D eigenvalue weighted by Gasteiger charge is -2.28. The summed E-state index contributed by atoms with van der Waals surface area (Å²) in [6, 6.07) is 41.3. The lowest BCUT2D eigenvalue weighted by molar-refractivity contribution is 0.670. The van der Waals surface area contributed by atoms with Crippen molar-refractivity contribution in [2.45, 2.75) is 25.2 Å². The number of thiophene rings is 1. The Morgan fingerprint density at radius 1 is 0.571 bits per heavy atom. The Morgan fingerprint density at radius 2 is 1.36 bits per heavy atom. The quantitative estimate of drug-likeness (QED) is 0.181. The molecule has 56 heavy (non-hydrogen) atoms. The van der Waals surface area contributed by atoms with Gasteiger partial charge in [0.1, 0.15) is 11.2 Å². The molecule has 0 fully saturated rings. The Hall–Kier alpha value is -6.69. The van der Waals surface area contributed by atoms with Crippen molar-refractivity contribution in [3.8, 4) is 22.5 Å². The Labute approximate surface area is 327 Å². The van der Waals surface area contributed by atoms with Crippen LogP contribution in [0, 0.1) is 0 Å². The van der Waals surface area contributed by atoms with Gasteiger partial charge in [-0.2, -0.15) is 0 Å². The fraction of sp³-hybridized carbons (Fsp3) is 0.0784. The van der Waals surface area contributed by atoms with Crippen molar-refractivity contribution in [1.29, 1.82) is 0 Å². The summed E-state index contributed by atoms with van der Waals surface area (Å²) in [5.74, 6) is 2.34. The number of furan rings is 1. The zero-order chi connectivity index (χ0) is 36.7. The summed E-state index contributed by atoms with van der Waals surface area (Å²) in [6.07, 6.45) is 18.4. The smallest absolute Gasteiger partial charge is 0.164 e. The highest BCUT2D eigenvalue weighted by molar-refractivity contribution is 7.27. The van der Waals surface area contributed by atoms with Crippen LogP contribution in [0.4, 0.5) is 0 Å². The van der Waals surface area contributed by atoms with E-state index in [0.717, 1.165) is 69.3 Å². The van der Waals surface area contributed by atoms with Gasteiger partial charge in [-0.25, -0.2) is 15.0 Å². The SMILES string of the molecule is C1=CC(c2nc(C3=CC=C4C=Cc5ccccc5C4C3)nc(-c3cccc4oc5c(-c6cccc7c6sc6c8ccccc8ccc76)cccc5c34)n2)=CCC1. The second-order valence-electron chi connectivity index (χ2n) is 14.9. The van der Waals surface area contributed by atoms with Crippen molar-refractivity contribution in [1.82, 2.24) is 15.0 Å². The van der Waals surface area contributed by atoms with E-state index in [9.17, 15) is 0 Å². The Balaban J connectivity index is 1.04. The summed E-state index contributed by atoms with van der Waals surface area (Å²) in [5.41, 5.74) is 11.0. The summed E-state index contributed by atoms with van der Waals surface area (Å²) in [4.78, 5) is 15.7. The van der Waals surface area contributed by atoms with Crippen LogP contribution < -0.4 is 0 Å². The third-order valence-corrected chi connectivity index (χ3v) is 13.0. The Kier molecular flexibility index (Phi) is 7.02. The number of benzene rings is 6. The maximum Gasteiger partial charge on any atom is 0.164 e. The molecule has 5 heteroatoms. The van der Waals surface area contributed by atoms with Crippen LogP contribution in [0.2, 0.25) is 0 Å². The zero-order valence-corrected chi connectivity index (χ0v) is 31.2. The van der Waals surface area contributed by atoms with E-state index in [4.69, 9.17) is 19.4 Å². The minimum Gasteiger partial charge on any atom is -0.455 e. The van der Waals surface area contributed by atoms with Gasteiger partial charge >= 0.3 is 0 Å². The van der Waals surface area contributed by atoms with Crippen molar-refractivity contribution >= 4 is 81.4 Å². The van der Waals surface area contributed by atoms with Crippen LogP contribution in [0.5, 0.6) is 0 Å². The average Bonchev–Trinajstić information content (AvgIpc) is 3.86. The molecule has 3 heterocycles. The van der Waals surface area contributed by atoms with Gasteiger partial charge < -0.3 is 4.42 Å². The molecule has 1 unspecified atom stereocenters. The molecule has 264 valence electrons. The van der Waals surface area contributed by atoms with Gasteiger partial charge in [0.15, 0.2) is 17.5 Å². The molecular formula is C51H33N3OS. The third kappa shape index (κ3) is 4.87. The summed E-state index contributed by atoms with van der Waals surface area (Å²) < 4.78 is 9.45. The van der Waals surface area contributed by atoms with Gasteiger partial charge in [0.2, 0.25) is 0 Å². The molecule has 12 rings (SSSR count). The molecule has 3 aliphatic rings. The molecule has 0 saturated carbocycles. The molecule has 0 spiro atoms. The lowest BCUT2D eigenvalue weighted by Crippen LogP contribution is -2.13. The number of rotatable bonds is 4. The first-order valence-electron chi connectivity index (χ1n) is 19.3. The number of aromatic nitrogens is 3. The molecule has 0 bridgehead atoms. The number of hydrogen-bond acceptors (Lipinski definition) is 5. The molecule has 0 aliphatic heterocycles. The average molecular weight is 736 g/mol. The van der Waals surface area contributed by atoms with Crippen LogP contribution in [-0.2, 0) is 0 Å². The minimum absolute atomic E-state index is 0.262. The van der Waals surface area contributed by atoms with Gasteiger partial charge in [-0.05, 0) is 58.4 Å². The molecule has 0 radical (unpaired) electrons. The second kappa shape index (κ2) is 12.4. The molecule has 0 saturated heterocycles. The molecule has 4 nitrogen and oxygen atoms in total. The zero-order valence-electron chi connectivity index (χ0n) is 30.4. The maximum absolute atomic E-state index is 6.86. The third-order valence-electron chi connectivity index (χ3n) is 11.7. The van der Waals surface area contributed by atoms with E-state index in [-0.39, 0.29) is 5.92 Å². The molecular weight excluding hydrogens is 703 g/mol. The maximum atomic E-state index is 6.86. The van der Waals surface area contributed by atoms with Gasteiger partial charge in [0.05, 0.1) is 0 Å². The van der Waals surface area contributed by atoms with Crippen LogP contribution in [-0.4, -0.2) is 15.0 Å². The van der Waals surface area contributed by atoms with Gasteiger partial charge in [-0.15, -0.1) is 11.3 Å². The van der Waals surface area contributed by atoms with Crippen LogP contribution in [0.15, 0.2) is 162 Å². The van der Waals surface area contributed by atoms with Gasteiger partial charge in [-0.1, -0.05) is 152 Å². The van der Waals surface area contributed by atoms with E-state index in [1.165, 1.54) is 53.2 Å². The lowest BCUT2D eigenvalue weighted by atomic mass is 9.77. The summed E-state index contributed by atoms with van der Waals surface area (Å²) >= 11 is 1.87. The van der Waals surface area contributed by atoms with E-state index < -0.39 is 0 Å². The fourth-order valence-electron chi connectivity index (χ4n) is 9.04. The van der Waals surface area contributed by atoms with Crippen LogP contribution in [0.3, 0.4) is 0 Å². The first kappa shape index (κ1) is 31.6. The molecule has 9 aromatic rings. The van der Waals surface area contributed by atoms with Gasteiger partial charge in [0.25, 0.3) is 0 Å². The highest BCUT2D eigenvalue weighted by atomic mass is 32.1. The van der Waals surface area contributed by atoms with E-state index in [0.29, 0.717) is 11.6 Å². The largest absolute Gasteiger partial charge is 0.455 e. The van der Waals surface area contributed by atoms with Crippen molar-refractivity contribution in [3.63, 3.8) is 0 Å². The summed E-state index contributed by atoms with van der Waals surface area (Å²) in [5, 5.41) is 7.18. The highest BCUT2D eigenvalue weighted by Crippen LogP contribution is 2.47. The Bertz CT molecular complexity index is 3300. The number of allylic oxidation sites excluding steroid dienone is 9. The van der Waals surface area contributed by atoms with Crippen LogP contribution >= 0.6 is 11.3 Å². The van der Waals surface area contributed by atoms with Gasteiger partial charge in [0, 0.05) is 59.1 Å². The second-order valence-corrected chi connectivity index (χ2v) is 16.0. The first-order chi connectivity index (χ1) is 27.7.